The molecule has 0 aromatic heterocycles. The van der Waals surface area contributed by atoms with Gasteiger partial charge in [0.2, 0.25) is 0 Å². The lowest BCUT2D eigenvalue weighted by molar-refractivity contribution is -0.143. The summed E-state index contributed by atoms with van der Waals surface area (Å²) >= 11 is 5.89. The first-order valence-corrected chi connectivity index (χ1v) is 7.09. The van der Waals surface area contributed by atoms with Crippen molar-refractivity contribution in [2.75, 3.05) is 13.2 Å². The lowest BCUT2D eigenvalue weighted by Gasteiger charge is -2.09. The van der Waals surface area contributed by atoms with Crippen LogP contribution in [0.1, 0.15) is 43.0 Å². The molecule has 0 heterocycles. The van der Waals surface area contributed by atoms with Gasteiger partial charge in [0.15, 0.2) is 6.29 Å². The molecular weight excluding hydrogens is 280 g/mol. The molecule has 0 radical (unpaired) electrons. The Hall–Kier alpha value is -1.55. The third-order valence-electron chi connectivity index (χ3n) is 2.72. The summed E-state index contributed by atoms with van der Waals surface area (Å²) in [5, 5.41) is 0.389. The van der Waals surface area contributed by atoms with E-state index in [1.807, 2.05) is 0 Å². The molecule has 110 valence electrons. The summed E-state index contributed by atoms with van der Waals surface area (Å²) in [4.78, 5) is 22.0. The quantitative estimate of drug-likeness (QED) is 0.397. The summed E-state index contributed by atoms with van der Waals surface area (Å²) in [5.41, 5.74) is 0.376. The molecule has 0 aliphatic heterocycles. The van der Waals surface area contributed by atoms with Gasteiger partial charge in [-0.15, -0.1) is 0 Å². The number of carbonyl (C=O) groups is 2. The molecule has 1 aromatic carbocycles. The average Bonchev–Trinajstić information content (AvgIpc) is 2.43. The Labute approximate surface area is 124 Å². The first kappa shape index (κ1) is 16.5. The second kappa shape index (κ2) is 9.37. The van der Waals surface area contributed by atoms with Crippen LogP contribution in [0.3, 0.4) is 0 Å². The molecular formula is C15H19ClO4. The number of esters is 1. The van der Waals surface area contributed by atoms with Crippen LogP contribution in [-0.4, -0.2) is 25.5 Å². The van der Waals surface area contributed by atoms with Crippen LogP contribution in [0, 0.1) is 0 Å². The van der Waals surface area contributed by atoms with Crippen molar-refractivity contribution in [2.45, 2.75) is 32.6 Å². The van der Waals surface area contributed by atoms with Crippen molar-refractivity contribution in [2.24, 2.45) is 0 Å². The van der Waals surface area contributed by atoms with Crippen LogP contribution in [0.25, 0.3) is 0 Å². The molecule has 0 unspecified atom stereocenters. The van der Waals surface area contributed by atoms with Crippen molar-refractivity contribution < 1.29 is 19.1 Å². The van der Waals surface area contributed by atoms with Crippen molar-refractivity contribution in [1.29, 1.82) is 0 Å². The maximum atomic E-state index is 11.1. The predicted octanol–water partition coefficient (Wildman–Crippen LogP) is 3.65. The molecule has 0 saturated carbocycles. The smallest absolute Gasteiger partial charge is 0.305 e. The number of aldehydes is 1. The fraction of sp³-hybridized carbons (Fsp3) is 0.467. The summed E-state index contributed by atoms with van der Waals surface area (Å²) in [6, 6.07) is 5.11. The number of benzene rings is 1. The maximum absolute atomic E-state index is 11.1. The van der Waals surface area contributed by atoms with E-state index in [2.05, 4.69) is 0 Å². The minimum Gasteiger partial charge on any atom is -0.493 e. The summed E-state index contributed by atoms with van der Waals surface area (Å²) in [5.74, 6) is 0.337. The minimum absolute atomic E-state index is 0.161. The number of hydrogen-bond acceptors (Lipinski definition) is 4. The van der Waals surface area contributed by atoms with Crippen molar-refractivity contribution >= 4 is 23.9 Å². The van der Waals surface area contributed by atoms with Crippen LogP contribution >= 0.6 is 11.6 Å². The summed E-state index contributed by atoms with van der Waals surface area (Å²) in [6.07, 6.45) is 3.58. The number of hydrogen-bond donors (Lipinski definition) is 0. The van der Waals surface area contributed by atoms with Crippen molar-refractivity contribution in [3.05, 3.63) is 28.8 Å². The Morgan fingerprint density at radius 1 is 1.30 bits per heavy atom. The third-order valence-corrected chi connectivity index (χ3v) is 3.05. The van der Waals surface area contributed by atoms with Gasteiger partial charge in [0.25, 0.3) is 0 Å². The van der Waals surface area contributed by atoms with E-state index >= 15 is 0 Å². The zero-order valence-corrected chi connectivity index (χ0v) is 12.3. The molecule has 0 aliphatic rings. The number of halogens is 1. The second-order valence-corrected chi connectivity index (χ2v) is 4.64. The van der Waals surface area contributed by atoms with Gasteiger partial charge in [-0.25, -0.2) is 0 Å². The summed E-state index contributed by atoms with van der Waals surface area (Å²) in [7, 11) is 0. The van der Waals surface area contributed by atoms with Gasteiger partial charge in [-0.1, -0.05) is 17.7 Å². The topological polar surface area (TPSA) is 52.6 Å². The van der Waals surface area contributed by atoms with E-state index in [4.69, 9.17) is 21.1 Å². The van der Waals surface area contributed by atoms with E-state index in [0.29, 0.717) is 42.3 Å². The Kier molecular flexibility index (Phi) is 7.73. The van der Waals surface area contributed by atoms with Crippen molar-refractivity contribution in [3.8, 4) is 5.75 Å². The van der Waals surface area contributed by atoms with E-state index in [9.17, 15) is 9.59 Å². The van der Waals surface area contributed by atoms with Crippen LogP contribution in [0.2, 0.25) is 5.02 Å². The standard InChI is InChI=1S/C15H19ClO4/c1-2-19-15(18)9-4-3-5-10-20-14-8-6-7-13(16)12(14)11-17/h6-8,11H,2-5,9-10H2,1H3. The lowest BCUT2D eigenvalue weighted by Crippen LogP contribution is -2.04. The van der Waals surface area contributed by atoms with Gasteiger partial charge in [-0.2, -0.15) is 0 Å². The number of ether oxygens (including phenoxy) is 2. The fourth-order valence-electron chi connectivity index (χ4n) is 1.72. The van der Waals surface area contributed by atoms with Gasteiger partial charge in [0, 0.05) is 6.42 Å². The Morgan fingerprint density at radius 3 is 2.80 bits per heavy atom. The van der Waals surface area contributed by atoms with Gasteiger partial charge in [0.05, 0.1) is 23.8 Å². The zero-order valence-electron chi connectivity index (χ0n) is 11.6. The number of unbranched alkanes of at least 4 members (excludes halogenated alkanes) is 2. The molecule has 0 amide bonds. The summed E-state index contributed by atoms with van der Waals surface area (Å²) in [6.45, 7) is 2.70. The van der Waals surface area contributed by atoms with E-state index in [0.717, 1.165) is 19.3 Å². The average molecular weight is 299 g/mol. The highest BCUT2D eigenvalue weighted by Crippen LogP contribution is 2.24. The van der Waals surface area contributed by atoms with Crippen LogP contribution in [0.4, 0.5) is 0 Å². The van der Waals surface area contributed by atoms with Gasteiger partial charge in [0.1, 0.15) is 5.75 Å². The van der Waals surface area contributed by atoms with Gasteiger partial charge < -0.3 is 9.47 Å². The molecule has 0 fully saturated rings. The Morgan fingerprint density at radius 2 is 2.10 bits per heavy atom. The number of carbonyl (C=O) groups excluding carboxylic acids is 2. The Bertz CT molecular complexity index is 445. The normalized spacial score (nSPS) is 10.1. The third kappa shape index (κ3) is 5.61. The molecule has 1 rings (SSSR count). The molecule has 4 nitrogen and oxygen atoms in total. The highest BCUT2D eigenvalue weighted by Gasteiger charge is 2.07. The number of rotatable bonds is 9. The molecule has 0 bridgehead atoms. The van der Waals surface area contributed by atoms with Gasteiger partial charge in [-0.05, 0) is 38.3 Å². The molecule has 5 heteroatoms. The molecule has 20 heavy (non-hydrogen) atoms. The first-order valence-electron chi connectivity index (χ1n) is 6.71. The van der Waals surface area contributed by atoms with E-state index < -0.39 is 0 Å². The largest absolute Gasteiger partial charge is 0.493 e. The molecule has 1 aromatic rings. The SMILES string of the molecule is CCOC(=O)CCCCCOc1cccc(Cl)c1C=O. The van der Waals surface area contributed by atoms with Crippen molar-refractivity contribution in [1.82, 2.24) is 0 Å². The predicted molar refractivity (Wildman–Crippen MR) is 77.4 cm³/mol. The molecule has 0 atom stereocenters. The monoisotopic (exact) mass is 298 g/mol. The Balaban J connectivity index is 2.23. The van der Waals surface area contributed by atoms with Crippen LogP contribution in [-0.2, 0) is 9.53 Å². The molecule has 0 aliphatic carbocycles. The van der Waals surface area contributed by atoms with Crippen molar-refractivity contribution in [3.63, 3.8) is 0 Å². The molecule has 0 spiro atoms. The van der Waals surface area contributed by atoms with Crippen LogP contribution in [0.15, 0.2) is 18.2 Å². The fourth-order valence-corrected chi connectivity index (χ4v) is 1.93. The molecule has 0 N–H and O–H groups in total. The molecule has 0 saturated heterocycles. The lowest BCUT2D eigenvalue weighted by atomic mass is 10.2. The zero-order chi connectivity index (χ0) is 14.8. The summed E-state index contributed by atoms with van der Waals surface area (Å²) < 4.78 is 10.4. The van der Waals surface area contributed by atoms with Crippen LogP contribution < -0.4 is 4.74 Å². The maximum Gasteiger partial charge on any atom is 0.305 e. The first-order chi connectivity index (χ1) is 9.69. The second-order valence-electron chi connectivity index (χ2n) is 4.23. The van der Waals surface area contributed by atoms with E-state index in [-0.39, 0.29) is 5.97 Å². The van der Waals surface area contributed by atoms with E-state index in [1.165, 1.54) is 0 Å². The van der Waals surface area contributed by atoms with Gasteiger partial charge in [-0.3, -0.25) is 9.59 Å². The minimum atomic E-state index is -0.161. The highest BCUT2D eigenvalue weighted by molar-refractivity contribution is 6.33. The highest BCUT2D eigenvalue weighted by atomic mass is 35.5. The van der Waals surface area contributed by atoms with E-state index in [1.54, 1.807) is 25.1 Å². The van der Waals surface area contributed by atoms with Crippen LogP contribution in [0.5, 0.6) is 5.75 Å². The van der Waals surface area contributed by atoms with Gasteiger partial charge >= 0.3 is 5.97 Å².